The Balaban J connectivity index is 2.22. The summed E-state index contributed by atoms with van der Waals surface area (Å²) in [5.41, 5.74) is 0. The minimum absolute atomic E-state index is 0.717. The maximum Gasteiger partial charge on any atom is 0.00975 e. The molecule has 0 saturated heterocycles. The molecule has 0 amide bonds. The van der Waals surface area contributed by atoms with E-state index in [2.05, 4.69) is 38.0 Å². The zero-order chi connectivity index (χ0) is 12.7. The van der Waals surface area contributed by atoms with Gasteiger partial charge in [0.2, 0.25) is 0 Å². The predicted octanol–water partition coefficient (Wildman–Crippen LogP) is 3.28. The molecule has 1 fully saturated rings. The molecule has 1 N–H and O–H groups in total. The molecule has 0 aromatic carbocycles. The van der Waals surface area contributed by atoms with Crippen LogP contribution in [-0.4, -0.2) is 37.1 Å². The van der Waals surface area contributed by atoms with Crippen molar-refractivity contribution in [3.63, 3.8) is 0 Å². The van der Waals surface area contributed by atoms with Crippen LogP contribution in [0, 0.1) is 5.92 Å². The van der Waals surface area contributed by atoms with Crippen molar-refractivity contribution in [3.8, 4) is 0 Å². The Kier molecular flexibility index (Phi) is 7.14. The van der Waals surface area contributed by atoms with Crippen LogP contribution >= 0.6 is 0 Å². The van der Waals surface area contributed by atoms with Crippen molar-refractivity contribution in [1.82, 2.24) is 10.2 Å². The number of hydrogen-bond acceptors (Lipinski definition) is 2. The molecule has 0 radical (unpaired) electrons. The van der Waals surface area contributed by atoms with Gasteiger partial charge in [-0.3, -0.25) is 0 Å². The second-order valence-corrected chi connectivity index (χ2v) is 5.98. The van der Waals surface area contributed by atoms with Crippen molar-refractivity contribution in [2.75, 3.05) is 20.1 Å². The van der Waals surface area contributed by atoms with E-state index in [1.54, 1.807) is 0 Å². The van der Waals surface area contributed by atoms with Crippen molar-refractivity contribution in [1.29, 1.82) is 0 Å². The van der Waals surface area contributed by atoms with E-state index >= 15 is 0 Å². The van der Waals surface area contributed by atoms with Gasteiger partial charge in [0, 0.05) is 12.1 Å². The summed E-state index contributed by atoms with van der Waals surface area (Å²) in [4.78, 5) is 2.63. The Morgan fingerprint density at radius 3 is 2.71 bits per heavy atom. The number of hydrogen-bond donors (Lipinski definition) is 1. The lowest BCUT2D eigenvalue weighted by Crippen LogP contribution is -2.42. The number of nitrogens with one attached hydrogen (secondary N) is 1. The van der Waals surface area contributed by atoms with Crippen molar-refractivity contribution in [2.45, 2.75) is 71.4 Å². The maximum absolute atomic E-state index is 3.51. The lowest BCUT2D eigenvalue weighted by atomic mass is 9.86. The minimum Gasteiger partial charge on any atom is -0.317 e. The molecular weight excluding hydrogens is 208 g/mol. The highest BCUT2D eigenvalue weighted by molar-refractivity contribution is 4.80. The van der Waals surface area contributed by atoms with Gasteiger partial charge >= 0.3 is 0 Å². The fourth-order valence-corrected chi connectivity index (χ4v) is 2.95. The van der Waals surface area contributed by atoms with E-state index in [0.29, 0.717) is 0 Å². The summed E-state index contributed by atoms with van der Waals surface area (Å²) in [7, 11) is 2.33. The van der Waals surface area contributed by atoms with Gasteiger partial charge in [0.15, 0.2) is 0 Å². The molecule has 2 heteroatoms. The fourth-order valence-electron chi connectivity index (χ4n) is 2.95. The van der Waals surface area contributed by atoms with E-state index in [0.717, 1.165) is 24.5 Å². The van der Waals surface area contributed by atoms with Crippen molar-refractivity contribution in [3.05, 3.63) is 0 Å². The molecule has 1 rings (SSSR count). The molecule has 1 aliphatic rings. The standard InChI is InChI=1S/C15H32N2/c1-5-10-16-11-9-14(3)17(4)15-8-6-7-13(2)12-15/h13-16H,5-12H2,1-4H3. The lowest BCUT2D eigenvalue weighted by Gasteiger charge is -2.37. The predicted molar refractivity (Wildman–Crippen MR) is 76.4 cm³/mol. The summed E-state index contributed by atoms with van der Waals surface area (Å²) in [6, 6.07) is 1.55. The summed E-state index contributed by atoms with van der Waals surface area (Å²) < 4.78 is 0. The van der Waals surface area contributed by atoms with Gasteiger partial charge in [-0.1, -0.05) is 26.7 Å². The molecule has 102 valence electrons. The van der Waals surface area contributed by atoms with E-state index in [1.807, 2.05) is 0 Å². The summed E-state index contributed by atoms with van der Waals surface area (Å²) in [5, 5.41) is 3.51. The highest BCUT2D eigenvalue weighted by Gasteiger charge is 2.24. The molecule has 3 unspecified atom stereocenters. The Labute approximate surface area is 108 Å². The van der Waals surface area contributed by atoms with Gasteiger partial charge < -0.3 is 10.2 Å². The van der Waals surface area contributed by atoms with Crippen LogP contribution in [0.25, 0.3) is 0 Å². The number of rotatable bonds is 7. The van der Waals surface area contributed by atoms with E-state index in [9.17, 15) is 0 Å². The van der Waals surface area contributed by atoms with Gasteiger partial charge in [0.25, 0.3) is 0 Å². The third-order valence-corrected chi connectivity index (χ3v) is 4.35. The van der Waals surface area contributed by atoms with Crippen LogP contribution in [0.1, 0.15) is 59.3 Å². The summed E-state index contributed by atoms with van der Waals surface area (Å²) in [6.45, 7) is 9.35. The maximum atomic E-state index is 3.51. The third-order valence-electron chi connectivity index (χ3n) is 4.35. The molecule has 0 spiro atoms. The monoisotopic (exact) mass is 240 g/mol. The molecule has 0 aromatic heterocycles. The molecule has 0 bridgehead atoms. The van der Waals surface area contributed by atoms with Gasteiger partial charge in [0.1, 0.15) is 0 Å². The van der Waals surface area contributed by atoms with Crippen molar-refractivity contribution < 1.29 is 0 Å². The molecular formula is C15H32N2. The highest BCUT2D eigenvalue weighted by atomic mass is 15.2. The zero-order valence-electron chi connectivity index (χ0n) is 12.3. The first kappa shape index (κ1) is 15.0. The molecule has 0 aliphatic heterocycles. The first-order valence-corrected chi connectivity index (χ1v) is 7.57. The van der Waals surface area contributed by atoms with Crippen LogP contribution in [0.3, 0.4) is 0 Å². The summed E-state index contributed by atoms with van der Waals surface area (Å²) >= 11 is 0. The first-order valence-electron chi connectivity index (χ1n) is 7.57. The number of nitrogens with zero attached hydrogens (tertiary/aromatic N) is 1. The third kappa shape index (κ3) is 5.39. The zero-order valence-corrected chi connectivity index (χ0v) is 12.3. The van der Waals surface area contributed by atoms with E-state index < -0.39 is 0 Å². The molecule has 1 saturated carbocycles. The van der Waals surface area contributed by atoms with Gasteiger partial charge in [-0.05, 0) is 58.7 Å². The second kappa shape index (κ2) is 8.10. The van der Waals surface area contributed by atoms with Crippen LogP contribution in [-0.2, 0) is 0 Å². The highest BCUT2D eigenvalue weighted by Crippen LogP contribution is 2.27. The minimum atomic E-state index is 0.717. The molecule has 0 heterocycles. The van der Waals surface area contributed by atoms with Gasteiger partial charge in [-0.25, -0.2) is 0 Å². The Bertz CT molecular complexity index is 193. The fraction of sp³-hybridized carbons (Fsp3) is 1.00. The van der Waals surface area contributed by atoms with E-state index in [-0.39, 0.29) is 0 Å². The molecule has 17 heavy (non-hydrogen) atoms. The lowest BCUT2D eigenvalue weighted by molar-refractivity contribution is 0.121. The van der Waals surface area contributed by atoms with Gasteiger partial charge in [-0.2, -0.15) is 0 Å². The van der Waals surface area contributed by atoms with Crippen molar-refractivity contribution >= 4 is 0 Å². The topological polar surface area (TPSA) is 15.3 Å². The van der Waals surface area contributed by atoms with E-state index in [1.165, 1.54) is 45.1 Å². The Morgan fingerprint density at radius 2 is 2.06 bits per heavy atom. The SMILES string of the molecule is CCCNCCC(C)N(C)C1CCCC(C)C1. The average molecular weight is 240 g/mol. The smallest absolute Gasteiger partial charge is 0.00975 e. The van der Waals surface area contributed by atoms with Crippen LogP contribution < -0.4 is 5.32 Å². The first-order chi connectivity index (χ1) is 8.15. The van der Waals surface area contributed by atoms with Gasteiger partial charge in [-0.15, -0.1) is 0 Å². The molecule has 2 nitrogen and oxygen atoms in total. The average Bonchev–Trinajstić information content (AvgIpc) is 2.33. The van der Waals surface area contributed by atoms with E-state index in [4.69, 9.17) is 0 Å². The quantitative estimate of drug-likeness (QED) is 0.687. The Morgan fingerprint density at radius 1 is 1.29 bits per heavy atom. The Hall–Kier alpha value is -0.0800. The van der Waals surface area contributed by atoms with Gasteiger partial charge in [0.05, 0.1) is 0 Å². The summed E-state index contributed by atoms with van der Waals surface area (Å²) in [6.07, 6.45) is 8.20. The molecule has 3 atom stereocenters. The molecule has 0 aromatic rings. The normalized spacial score (nSPS) is 27.4. The van der Waals surface area contributed by atoms with Crippen LogP contribution in [0.2, 0.25) is 0 Å². The van der Waals surface area contributed by atoms with Crippen LogP contribution in [0.4, 0.5) is 0 Å². The van der Waals surface area contributed by atoms with Crippen molar-refractivity contribution in [2.24, 2.45) is 5.92 Å². The largest absolute Gasteiger partial charge is 0.317 e. The second-order valence-electron chi connectivity index (χ2n) is 5.98. The molecule has 1 aliphatic carbocycles. The van der Waals surface area contributed by atoms with Crippen LogP contribution in [0.15, 0.2) is 0 Å². The summed E-state index contributed by atoms with van der Waals surface area (Å²) in [5.74, 6) is 0.932. The van der Waals surface area contributed by atoms with Crippen LogP contribution in [0.5, 0.6) is 0 Å².